The number of carboxylic acid groups (broad SMARTS) is 1. The molecular formula is C13H11BrO4. The van der Waals surface area contributed by atoms with Crippen molar-refractivity contribution in [3.8, 4) is 5.75 Å². The van der Waals surface area contributed by atoms with E-state index in [0.29, 0.717) is 5.76 Å². The third kappa shape index (κ3) is 2.92. The highest BCUT2D eigenvalue weighted by Gasteiger charge is 2.09. The Balaban J connectivity index is 2.04. The Morgan fingerprint density at radius 1 is 1.44 bits per heavy atom. The van der Waals surface area contributed by atoms with Crippen molar-refractivity contribution in [2.45, 2.75) is 13.5 Å². The number of rotatable bonds is 4. The number of aryl methyl sites for hydroxylation is 1. The second kappa shape index (κ2) is 5.27. The molecule has 1 heterocycles. The molecule has 2 rings (SSSR count). The molecule has 0 aliphatic carbocycles. The highest BCUT2D eigenvalue weighted by atomic mass is 79.9. The van der Waals surface area contributed by atoms with Gasteiger partial charge in [-0.1, -0.05) is 15.9 Å². The second-order valence-electron chi connectivity index (χ2n) is 3.81. The molecule has 1 aromatic carbocycles. The molecule has 0 aliphatic heterocycles. The maximum atomic E-state index is 10.7. The van der Waals surface area contributed by atoms with E-state index in [9.17, 15) is 4.79 Å². The lowest BCUT2D eigenvalue weighted by Gasteiger charge is -2.07. The van der Waals surface area contributed by atoms with Crippen LogP contribution in [0.3, 0.4) is 0 Å². The number of halogens is 1. The van der Waals surface area contributed by atoms with E-state index in [1.54, 1.807) is 0 Å². The molecule has 0 amide bonds. The summed E-state index contributed by atoms with van der Waals surface area (Å²) in [5, 5.41) is 8.75. The summed E-state index contributed by atoms with van der Waals surface area (Å²) in [6, 6.07) is 7.13. The lowest BCUT2D eigenvalue weighted by atomic mass is 10.2. The Bertz CT molecular complexity index is 574. The average Bonchev–Trinajstić information content (AvgIpc) is 2.76. The van der Waals surface area contributed by atoms with Gasteiger partial charge in [0, 0.05) is 4.47 Å². The quantitative estimate of drug-likeness (QED) is 0.936. The lowest BCUT2D eigenvalue weighted by Crippen LogP contribution is -1.96. The van der Waals surface area contributed by atoms with Crippen LogP contribution in [0.4, 0.5) is 0 Å². The summed E-state index contributed by atoms with van der Waals surface area (Å²) in [7, 11) is 0. The molecule has 18 heavy (non-hydrogen) atoms. The molecule has 0 unspecified atom stereocenters. The van der Waals surface area contributed by atoms with Crippen LogP contribution in [0, 0.1) is 6.92 Å². The largest absolute Gasteiger partial charge is 0.485 e. The zero-order chi connectivity index (χ0) is 13.1. The molecule has 0 atom stereocenters. The Morgan fingerprint density at radius 2 is 2.22 bits per heavy atom. The van der Waals surface area contributed by atoms with Crippen LogP contribution >= 0.6 is 15.9 Å². The van der Waals surface area contributed by atoms with Gasteiger partial charge in [0.1, 0.15) is 24.4 Å². The summed E-state index contributed by atoms with van der Waals surface area (Å²) in [5.74, 6) is 0.214. The fourth-order valence-electron chi connectivity index (χ4n) is 1.49. The van der Waals surface area contributed by atoms with Gasteiger partial charge in [0.25, 0.3) is 0 Å². The molecule has 0 saturated carbocycles. The molecular weight excluding hydrogens is 300 g/mol. The monoisotopic (exact) mass is 310 g/mol. The summed E-state index contributed by atoms with van der Waals surface area (Å²) in [6.45, 7) is 2.14. The third-order valence-corrected chi connectivity index (χ3v) is 2.90. The molecule has 0 fully saturated rings. The number of hydrogen-bond acceptors (Lipinski definition) is 3. The summed E-state index contributed by atoms with van der Waals surface area (Å²) in [5.41, 5.74) is 1.12. The standard InChI is InChI=1S/C13H11BrO4/c1-8-4-10(14)2-3-12(8)18-7-11-5-9(6-17-11)13(15)16/h2-6H,7H2,1H3,(H,15,16). The van der Waals surface area contributed by atoms with Crippen molar-refractivity contribution in [3.05, 3.63) is 51.9 Å². The van der Waals surface area contributed by atoms with Crippen molar-refractivity contribution in [2.75, 3.05) is 0 Å². The Hall–Kier alpha value is -1.75. The number of carboxylic acids is 1. The molecule has 0 spiro atoms. The van der Waals surface area contributed by atoms with Crippen molar-refractivity contribution < 1.29 is 19.1 Å². The van der Waals surface area contributed by atoms with E-state index in [0.717, 1.165) is 15.8 Å². The van der Waals surface area contributed by atoms with Gasteiger partial charge in [-0.05, 0) is 36.8 Å². The van der Waals surface area contributed by atoms with Crippen molar-refractivity contribution in [1.29, 1.82) is 0 Å². The molecule has 4 nitrogen and oxygen atoms in total. The maximum Gasteiger partial charge on any atom is 0.338 e. The first kappa shape index (κ1) is 12.7. The summed E-state index contributed by atoms with van der Waals surface area (Å²) in [6.07, 6.45) is 1.20. The van der Waals surface area contributed by atoms with Gasteiger partial charge in [-0.2, -0.15) is 0 Å². The molecule has 2 aromatic rings. The molecule has 0 saturated heterocycles. The summed E-state index contributed by atoms with van der Waals surface area (Å²) < 4.78 is 11.6. The van der Waals surface area contributed by atoms with Crippen LogP contribution in [0.2, 0.25) is 0 Å². The van der Waals surface area contributed by atoms with Crippen LogP contribution in [0.5, 0.6) is 5.75 Å². The molecule has 94 valence electrons. The van der Waals surface area contributed by atoms with Crippen LogP contribution in [-0.4, -0.2) is 11.1 Å². The molecule has 1 aromatic heterocycles. The average molecular weight is 311 g/mol. The topological polar surface area (TPSA) is 59.7 Å². The number of hydrogen-bond donors (Lipinski definition) is 1. The third-order valence-electron chi connectivity index (χ3n) is 2.41. The highest BCUT2D eigenvalue weighted by Crippen LogP contribution is 2.23. The fraction of sp³-hybridized carbons (Fsp3) is 0.154. The number of aromatic carboxylic acids is 1. The molecule has 5 heteroatoms. The maximum absolute atomic E-state index is 10.7. The minimum atomic E-state index is -1.01. The van der Waals surface area contributed by atoms with E-state index in [-0.39, 0.29) is 12.2 Å². The van der Waals surface area contributed by atoms with E-state index in [2.05, 4.69) is 15.9 Å². The first-order valence-corrected chi connectivity index (χ1v) is 6.05. The fourth-order valence-corrected chi connectivity index (χ4v) is 1.97. The Kier molecular flexibility index (Phi) is 3.72. The number of furan rings is 1. The second-order valence-corrected chi connectivity index (χ2v) is 4.72. The first-order chi connectivity index (χ1) is 8.56. The smallest absolute Gasteiger partial charge is 0.338 e. The van der Waals surface area contributed by atoms with Gasteiger partial charge in [0.2, 0.25) is 0 Å². The van der Waals surface area contributed by atoms with Crippen molar-refractivity contribution in [1.82, 2.24) is 0 Å². The Morgan fingerprint density at radius 3 is 2.83 bits per heavy atom. The van der Waals surface area contributed by atoms with Gasteiger partial charge in [0.05, 0.1) is 5.56 Å². The lowest BCUT2D eigenvalue weighted by molar-refractivity contribution is 0.0696. The van der Waals surface area contributed by atoms with E-state index in [4.69, 9.17) is 14.3 Å². The molecule has 1 N–H and O–H groups in total. The van der Waals surface area contributed by atoms with Gasteiger partial charge in [-0.15, -0.1) is 0 Å². The normalized spacial score (nSPS) is 10.3. The van der Waals surface area contributed by atoms with Crippen LogP contribution in [0.1, 0.15) is 21.7 Å². The van der Waals surface area contributed by atoms with Crippen molar-refractivity contribution in [3.63, 3.8) is 0 Å². The summed E-state index contributed by atoms with van der Waals surface area (Å²) >= 11 is 3.37. The van der Waals surface area contributed by atoms with Gasteiger partial charge in [-0.25, -0.2) is 4.79 Å². The van der Waals surface area contributed by atoms with Gasteiger partial charge >= 0.3 is 5.97 Å². The van der Waals surface area contributed by atoms with Crippen LogP contribution in [0.25, 0.3) is 0 Å². The highest BCUT2D eigenvalue weighted by molar-refractivity contribution is 9.10. The predicted molar refractivity (Wildman–Crippen MR) is 68.9 cm³/mol. The zero-order valence-electron chi connectivity index (χ0n) is 9.64. The van der Waals surface area contributed by atoms with Crippen LogP contribution in [-0.2, 0) is 6.61 Å². The number of benzene rings is 1. The predicted octanol–water partition coefficient (Wildman–Crippen LogP) is 3.63. The van der Waals surface area contributed by atoms with E-state index in [1.807, 2.05) is 25.1 Å². The summed E-state index contributed by atoms with van der Waals surface area (Å²) in [4.78, 5) is 10.7. The minimum absolute atomic E-state index is 0.126. The number of ether oxygens (including phenoxy) is 1. The van der Waals surface area contributed by atoms with E-state index < -0.39 is 5.97 Å². The van der Waals surface area contributed by atoms with Gasteiger partial charge in [-0.3, -0.25) is 0 Å². The van der Waals surface area contributed by atoms with Gasteiger partial charge in [0.15, 0.2) is 0 Å². The van der Waals surface area contributed by atoms with Crippen molar-refractivity contribution >= 4 is 21.9 Å². The minimum Gasteiger partial charge on any atom is -0.485 e. The van der Waals surface area contributed by atoms with Crippen LogP contribution < -0.4 is 4.74 Å². The first-order valence-electron chi connectivity index (χ1n) is 5.26. The van der Waals surface area contributed by atoms with E-state index in [1.165, 1.54) is 12.3 Å². The van der Waals surface area contributed by atoms with Crippen LogP contribution in [0.15, 0.2) is 39.4 Å². The molecule has 0 radical (unpaired) electrons. The van der Waals surface area contributed by atoms with Crippen molar-refractivity contribution in [2.24, 2.45) is 0 Å². The zero-order valence-corrected chi connectivity index (χ0v) is 11.2. The molecule has 0 bridgehead atoms. The van der Waals surface area contributed by atoms with E-state index >= 15 is 0 Å². The SMILES string of the molecule is Cc1cc(Br)ccc1OCc1cc(C(=O)O)co1. The molecule has 0 aliphatic rings. The van der Waals surface area contributed by atoms with Gasteiger partial charge < -0.3 is 14.3 Å². The Labute approximate surface area is 112 Å². The number of carbonyl (C=O) groups is 1.